The molecule has 2 heterocycles. The van der Waals surface area contributed by atoms with Gasteiger partial charge in [-0.25, -0.2) is 19.9 Å². The van der Waals surface area contributed by atoms with Crippen LogP contribution in [-0.2, 0) is 0 Å². The molecule has 278 valence electrons. The van der Waals surface area contributed by atoms with Crippen LogP contribution in [0, 0.1) is 0 Å². The van der Waals surface area contributed by atoms with Crippen molar-refractivity contribution in [2.24, 2.45) is 0 Å². The highest BCUT2D eigenvalue weighted by Crippen LogP contribution is 2.43. The average Bonchev–Trinajstić information content (AvgIpc) is 3.33. The van der Waals surface area contributed by atoms with Crippen molar-refractivity contribution < 1.29 is 0 Å². The number of rotatable bonds is 5. The fourth-order valence-electron chi connectivity index (χ4n) is 9.08. The molecule has 0 aliphatic carbocycles. The van der Waals surface area contributed by atoms with Crippen molar-refractivity contribution in [3.8, 4) is 56.5 Å². The van der Waals surface area contributed by atoms with Gasteiger partial charge in [-0.1, -0.05) is 194 Å². The maximum Gasteiger partial charge on any atom is 0.164 e. The Hall–Kier alpha value is -8.08. The van der Waals surface area contributed by atoms with Crippen molar-refractivity contribution in [3.05, 3.63) is 206 Å². The largest absolute Gasteiger partial charge is 0.247 e. The highest BCUT2D eigenvalue weighted by molar-refractivity contribution is 6.33. The highest BCUT2D eigenvalue weighted by Gasteiger charge is 2.19. The van der Waals surface area contributed by atoms with E-state index in [1.54, 1.807) is 0 Å². The van der Waals surface area contributed by atoms with Crippen molar-refractivity contribution in [1.29, 1.82) is 0 Å². The molecule has 4 nitrogen and oxygen atoms in total. The van der Waals surface area contributed by atoms with Crippen LogP contribution < -0.4 is 0 Å². The van der Waals surface area contributed by atoms with Crippen molar-refractivity contribution >= 4 is 64.8 Å². The predicted molar refractivity (Wildman–Crippen MR) is 250 cm³/mol. The Labute approximate surface area is 346 Å². The van der Waals surface area contributed by atoms with Crippen molar-refractivity contribution in [1.82, 2.24) is 19.9 Å². The normalized spacial score (nSPS) is 11.7. The van der Waals surface area contributed by atoms with Gasteiger partial charge in [0.2, 0.25) is 0 Å². The molecule has 0 spiro atoms. The summed E-state index contributed by atoms with van der Waals surface area (Å²) in [5, 5.41) is 13.0. The molecule has 12 rings (SSSR count). The molecular weight excluding hydrogens is 729 g/mol. The van der Waals surface area contributed by atoms with Gasteiger partial charge in [0.15, 0.2) is 17.5 Å². The molecule has 12 aromatic rings. The number of para-hydroxylation sites is 1. The van der Waals surface area contributed by atoms with Gasteiger partial charge in [-0.05, 0) is 66.3 Å². The third-order valence-corrected chi connectivity index (χ3v) is 11.9. The van der Waals surface area contributed by atoms with E-state index >= 15 is 0 Å². The Morgan fingerprint density at radius 1 is 0.250 bits per heavy atom. The number of benzene rings is 10. The first-order valence-electron chi connectivity index (χ1n) is 20.3. The first kappa shape index (κ1) is 34.0. The molecule has 60 heavy (non-hydrogen) atoms. The summed E-state index contributed by atoms with van der Waals surface area (Å²) < 4.78 is 0. The van der Waals surface area contributed by atoms with Crippen molar-refractivity contribution in [3.63, 3.8) is 0 Å². The Morgan fingerprint density at radius 3 is 1.33 bits per heavy atom. The summed E-state index contributed by atoms with van der Waals surface area (Å²) in [5.74, 6) is 1.91. The van der Waals surface area contributed by atoms with Crippen LogP contribution in [0.1, 0.15) is 0 Å². The summed E-state index contributed by atoms with van der Waals surface area (Å²) in [7, 11) is 0. The number of aromatic nitrogens is 4. The second-order valence-electron chi connectivity index (χ2n) is 15.3. The fourth-order valence-corrected chi connectivity index (χ4v) is 9.08. The molecule has 0 aliphatic rings. The zero-order valence-corrected chi connectivity index (χ0v) is 32.4. The minimum absolute atomic E-state index is 0.625. The van der Waals surface area contributed by atoms with Crippen LogP contribution in [0.2, 0.25) is 0 Å². The lowest BCUT2D eigenvalue weighted by molar-refractivity contribution is 1.08. The summed E-state index contributed by atoms with van der Waals surface area (Å²) in [6, 6.07) is 72.8. The molecule has 0 amide bonds. The minimum Gasteiger partial charge on any atom is -0.247 e. The SMILES string of the molecule is c1cc(-c2ccc(-c3nc4ccccc4c4c5ccccc5c5ccccc5c34)cc2)cc(-c2nc(-c3cccc4ccccc34)nc(-c3cccc4ccccc34)n2)c1. The monoisotopic (exact) mass is 762 g/mol. The van der Waals surface area contributed by atoms with E-state index in [0.717, 1.165) is 71.5 Å². The molecule has 4 heteroatoms. The molecule has 0 N–H and O–H groups in total. The molecule has 0 saturated carbocycles. The molecule has 0 unspecified atom stereocenters. The van der Waals surface area contributed by atoms with E-state index in [9.17, 15) is 0 Å². The van der Waals surface area contributed by atoms with E-state index < -0.39 is 0 Å². The number of pyridine rings is 1. The van der Waals surface area contributed by atoms with Crippen molar-refractivity contribution in [2.75, 3.05) is 0 Å². The molecule has 10 aromatic carbocycles. The number of fused-ring (bicyclic) bond motifs is 10. The van der Waals surface area contributed by atoms with Gasteiger partial charge in [-0.15, -0.1) is 0 Å². The summed E-state index contributed by atoms with van der Waals surface area (Å²) in [4.78, 5) is 20.9. The molecular formula is C56H34N4. The van der Waals surface area contributed by atoms with Gasteiger partial charge in [0.25, 0.3) is 0 Å². The van der Waals surface area contributed by atoms with Crippen LogP contribution >= 0.6 is 0 Å². The van der Waals surface area contributed by atoms with Crippen LogP contribution in [0.5, 0.6) is 0 Å². The Balaban J connectivity index is 1.00. The van der Waals surface area contributed by atoms with Crippen LogP contribution in [0.3, 0.4) is 0 Å². The third-order valence-electron chi connectivity index (χ3n) is 11.9. The Bertz CT molecular complexity index is 3560. The second kappa shape index (κ2) is 13.8. The molecule has 0 bridgehead atoms. The van der Waals surface area contributed by atoms with E-state index in [1.807, 2.05) is 0 Å². The lowest BCUT2D eigenvalue weighted by atomic mass is 9.89. The van der Waals surface area contributed by atoms with Crippen LogP contribution in [-0.4, -0.2) is 19.9 Å². The summed E-state index contributed by atoms with van der Waals surface area (Å²) in [6.45, 7) is 0. The lowest BCUT2D eigenvalue weighted by Gasteiger charge is -2.16. The molecule has 0 saturated heterocycles. The molecule has 0 atom stereocenters. The molecule has 0 radical (unpaired) electrons. The lowest BCUT2D eigenvalue weighted by Crippen LogP contribution is -2.01. The van der Waals surface area contributed by atoms with E-state index in [4.69, 9.17) is 19.9 Å². The Morgan fingerprint density at radius 2 is 0.700 bits per heavy atom. The summed E-state index contributed by atoms with van der Waals surface area (Å²) in [6.07, 6.45) is 0. The van der Waals surface area contributed by atoms with Gasteiger partial charge >= 0.3 is 0 Å². The van der Waals surface area contributed by atoms with E-state index in [1.165, 1.54) is 32.3 Å². The van der Waals surface area contributed by atoms with E-state index in [2.05, 4.69) is 206 Å². The minimum atomic E-state index is 0.625. The van der Waals surface area contributed by atoms with Gasteiger partial charge < -0.3 is 0 Å². The maximum absolute atomic E-state index is 5.37. The quantitative estimate of drug-likeness (QED) is 0.164. The zero-order chi connectivity index (χ0) is 39.6. The first-order chi connectivity index (χ1) is 29.7. The van der Waals surface area contributed by atoms with Gasteiger partial charge in [-0.3, -0.25) is 0 Å². The third kappa shape index (κ3) is 5.53. The van der Waals surface area contributed by atoms with Gasteiger partial charge in [-0.2, -0.15) is 0 Å². The van der Waals surface area contributed by atoms with Gasteiger partial charge in [0.05, 0.1) is 11.2 Å². The highest BCUT2D eigenvalue weighted by atomic mass is 15.0. The van der Waals surface area contributed by atoms with Crippen LogP contribution in [0.15, 0.2) is 206 Å². The molecule has 0 aliphatic heterocycles. The van der Waals surface area contributed by atoms with Gasteiger partial charge in [0.1, 0.15) is 0 Å². The standard InChI is InChI=1S/C56H34N4/c1-3-20-41-36(14-1)16-12-27-47(41)55-58-54(59-56(60-55)48-28-13-17-37-15-2-4-21-42(37)48)40-19-11-18-39(34-40)35-30-32-38(33-31-35)53-52-46-25-8-6-23-44(46)43-22-5-7-24-45(43)51(52)49-26-9-10-29-50(49)57-53/h1-34H. The number of hydrogen-bond donors (Lipinski definition) is 0. The van der Waals surface area contributed by atoms with E-state index in [-0.39, 0.29) is 0 Å². The molecule has 2 aromatic heterocycles. The predicted octanol–water partition coefficient (Wildman–Crippen LogP) is 14.5. The topological polar surface area (TPSA) is 51.6 Å². The average molecular weight is 763 g/mol. The Kier molecular flexibility index (Phi) is 7.82. The fraction of sp³-hybridized carbons (Fsp3) is 0. The number of hydrogen-bond acceptors (Lipinski definition) is 4. The summed E-state index contributed by atoms with van der Waals surface area (Å²) in [5.41, 5.74) is 8.08. The van der Waals surface area contributed by atoms with Crippen molar-refractivity contribution in [2.45, 2.75) is 0 Å². The first-order valence-corrected chi connectivity index (χ1v) is 20.3. The van der Waals surface area contributed by atoms with Crippen LogP contribution in [0.4, 0.5) is 0 Å². The summed E-state index contributed by atoms with van der Waals surface area (Å²) >= 11 is 0. The maximum atomic E-state index is 5.37. The van der Waals surface area contributed by atoms with Crippen LogP contribution in [0.25, 0.3) is 121 Å². The molecule has 0 fully saturated rings. The smallest absolute Gasteiger partial charge is 0.164 e. The zero-order valence-electron chi connectivity index (χ0n) is 32.4. The van der Waals surface area contributed by atoms with Gasteiger partial charge in [0, 0.05) is 38.4 Å². The number of nitrogens with zero attached hydrogens (tertiary/aromatic N) is 4. The van der Waals surface area contributed by atoms with E-state index in [0.29, 0.717) is 17.5 Å². The second-order valence-corrected chi connectivity index (χ2v) is 15.3.